The van der Waals surface area contributed by atoms with Crippen molar-refractivity contribution in [3.8, 4) is 11.5 Å². The lowest BCUT2D eigenvalue weighted by Gasteiger charge is -2.13. The first-order valence-corrected chi connectivity index (χ1v) is 11.0. The monoisotopic (exact) mass is 578 g/mol. The first-order chi connectivity index (χ1) is 14.5. The van der Waals surface area contributed by atoms with Crippen molar-refractivity contribution in [2.24, 2.45) is 5.10 Å². The predicted molar refractivity (Wildman–Crippen MR) is 130 cm³/mol. The van der Waals surface area contributed by atoms with Gasteiger partial charge >= 0.3 is 0 Å². The summed E-state index contributed by atoms with van der Waals surface area (Å²) in [6.45, 7) is 0.451. The Balaban J connectivity index is 1.62. The fourth-order valence-corrected chi connectivity index (χ4v) is 3.74. The Morgan fingerprint density at radius 3 is 2.53 bits per heavy atom. The molecule has 3 rings (SSSR count). The van der Waals surface area contributed by atoms with E-state index >= 15 is 0 Å². The largest absolute Gasteiger partial charge is 0.493 e. The van der Waals surface area contributed by atoms with E-state index in [1.807, 2.05) is 66.7 Å². The summed E-state index contributed by atoms with van der Waals surface area (Å²) >= 11 is 5.58. The highest BCUT2D eigenvalue weighted by Gasteiger charge is 2.11. The number of rotatable bonds is 8. The summed E-state index contributed by atoms with van der Waals surface area (Å²) in [5.41, 5.74) is 5.35. The highest BCUT2D eigenvalue weighted by atomic mass is 127. The van der Waals surface area contributed by atoms with Crippen LogP contribution in [-0.2, 0) is 17.8 Å². The van der Waals surface area contributed by atoms with Gasteiger partial charge < -0.3 is 9.47 Å². The number of methoxy groups -OCH3 is 1. The van der Waals surface area contributed by atoms with E-state index in [1.165, 1.54) is 0 Å². The van der Waals surface area contributed by atoms with Gasteiger partial charge in [-0.1, -0.05) is 58.4 Å². The number of ether oxygens (including phenoxy) is 2. The molecule has 0 aliphatic heterocycles. The maximum atomic E-state index is 12.1. The van der Waals surface area contributed by atoms with Crippen molar-refractivity contribution in [3.63, 3.8) is 0 Å². The number of nitrogens with zero attached hydrogens (tertiary/aromatic N) is 1. The fourth-order valence-electron chi connectivity index (χ4n) is 2.69. The van der Waals surface area contributed by atoms with Crippen LogP contribution in [0.5, 0.6) is 11.5 Å². The SMILES string of the molecule is COc1cc(/C=N\NC(=O)Cc2ccc(Br)cc2)cc(I)c1OCc1ccccc1. The van der Waals surface area contributed by atoms with Gasteiger partial charge in [0.2, 0.25) is 5.91 Å². The van der Waals surface area contributed by atoms with Crippen LogP contribution in [0.2, 0.25) is 0 Å². The van der Waals surface area contributed by atoms with Gasteiger partial charge in [0.1, 0.15) is 6.61 Å². The molecule has 1 amide bonds. The lowest BCUT2D eigenvalue weighted by atomic mass is 10.1. The van der Waals surface area contributed by atoms with Crippen molar-refractivity contribution in [2.45, 2.75) is 13.0 Å². The van der Waals surface area contributed by atoms with Crippen molar-refractivity contribution in [2.75, 3.05) is 7.11 Å². The number of hydrogen-bond acceptors (Lipinski definition) is 4. The first-order valence-electron chi connectivity index (χ1n) is 9.16. The van der Waals surface area contributed by atoms with Crippen LogP contribution in [-0.4, -0.2) is 19.2 Å². The third-order valence-electron chi connectivity index (χ3n) is 4.16. The molecule has 0 radical (unpaired) electrons. The van der Waals surface area contributed by atoms with Gasteiger partial charge in [0.15, 0.2) is 11.5 Å². The molecule has 0 fully saturated rings. The minimum Gasteiger partial charge on any atom is -0.493 e. The molecule has 0 bridgehead atoms. The number of nitrogens with one attached hydrogen (secondary N) is 1. The van der Waals surface area contributed by atoms with Gasteiger partial charge in [-0.15, -0.1) is 0 Å². The van der Waals surface area contributed by atoms with Gasteiger partial charge in [-0.25, -0.2) is 5.43 Å². The molecule has 3 aromatic rings. The normalized spacial score (nSPS) is 10.8. The molecule has 0 spiro atoms. The summed E-state index contributed by atoms with van der Waals surface area (Å²) in [5.74, 6) is 1.11. The summed E-state index contributed by atoms with van der Waals surface area (Å²) in [7, 11) is 1.60. The van der Waals surface area contributed by atoms with Gasteiger partial charge in [-0.05, 0) is 63.5 Å². The number of halogens is 2. The van der Waals surface area contributed by atoms with Crippen LogP contribution in [0.1, 0.15) is 16.7 Å². The van der Waals surface area contributed by atoms with E-state index in [1.54, 1.807) is 13.3 Å². The van der Waals surface area contributed by atoms with E-state index in [4.69, 9.17) is 9.47 Å². The summed E-state index contributed by atoms with van der Waals surface area (Å²) in [5, 5.41) is 4.06. The summed E-state index contributed by atoms with van der Waals surface area (Å²) < 4.78 is 13.3. The van der Waals surface area contributed by atoms with Crippen LogP contribution in [0, 0.1) is 3.57 Å². The Bertz CT molecular complexity index is 1020. The lowest BCUT2D eigenvalue weighted by molar-refractivity contribution is -0.120. The zero-order valence-corrected chi connectivity index (χ0v) is 20.0. The summed E-state index contributed by atoms with van der Waals surface area (Å²) in [6, 6.07) is 21.3. The zero-order valence-electron chi connectivity index (χ0n) is 16.3. The molecule has 30 heavy (non-hydrogen) atoms. The van der Waals surface area contributed by atoms with Crippen molar-refractivity contribution in [1.82, 2.24) is 5.43 Å². The van der Waals surface area contributed by atoms with E-state index in [9.17, 15) is 4.79 Å². The molecule has 1 N–H and O–H groups in total. The van der Waals surface area contributed by atoms with Crippen molar-refractivity contribution in [3.05, 3.63) is 91.5 Å². The fraction of sp³-hybridized carbons (Fsp3) is 0.130. The zero-order chi connectivity index (χ0) is 21.3. The molecule has 0 atom stereocenters. The average Bonchev–Trinajstić information content (AvgIpc) is 2.75. The Morgan fingerprint density at radius 2 is 1.83 bits per heavy atom. The van der Waals surface area contributed by atoms with Crippen LogP contribution < -0.4 is 14.9 Å². The molecule has 154 valence electrons. The number of carbonyl (C=O) groups excluding carboxylic acids is 1. The van der Waals surface area contributed by atoms with Gasteiger partial charge in [-0.3, -0.25) is 4.79 Å². The maximum absolute atomic E-state index is 12.1. The van der Waals surface area contributed by atoms with E-state index in [0.717, 1.165) is 24.7 Å². The van der Waals surface area contributed by atoms with Crippen molar-refractivity contribution in [1.29, 1.82) is 0 Å². The second-order valence-corrected chi connectivity index (χ2v) is 8.48. The van der Waals surface area contributed by atoms with Gasteiger partial charge in [0.25, 0.3) is 0 Å². The minimum atomic E-state index is -0.182. The first kappa shape index (κ1) is 22.3. The van der Waals surface area contributed by atoms with Crippen LogP contribution in [0.4, 0.5) is 0 Å². The smallest absolute Gasteiger partial charge is 0.244 e. The molecule has 0 saturated heterocycles. The van der Waals surface area contributed by atoms with Crippen molar-refractivity contribution >= 4 is 50.6 Å². The number of hydrogen-bond donors (Lipinski definition) is 1. The van der Waals surface area contributed by atoms with Gasteiger partial charge in [-0.2, -0.15) is 5.10 Å². The number of benzene rings is 3. The van der Waals surface area contributed by atoms with Crippen LogP contribution in [0.25, 0.3) is 0 Å². The van der Waals surface area contributed by atoms with E-state index in [0.29, 0.717) is 18.1 Å². The number of carbonyl (C=O) groups is 1. The van der Waals surface area contributed by atoms with E-state index < -0.39 is 0 Å². The molecule has 3 aromatic carbocycles. The lowest BCUT2D eigenvalue weighted by Crippen LogP contribution is -2.19. The van der Waals surface area contributed by atoms with Gasteiger partial charge in [0.05, 0.1) is 23.3 Å². The Hall–Kier alpha value is -2.39. The summed E-state index contributed by atoms with van der Waals surface area (Å²) in [4.78, 5) is 12.1. The second-order valence-electron chi connectivity index (χ2n) is 6.40. The second kappa shape index (κ2) is 11.1. The molecule has 5 nitrogen and oxygen atoms in total. The molecule has 0 aromatic heterocycles. The topological polar surface area (TPSA) is 59.9 Å². The molecule has 0 saturated carbocycles. The predicted octanol–water partition coefficient (Wildman–Crippen LogP) is 5.33. The van der Waals surface area contributed by atoms with Crippen LogP contribution in [0.15, 0.2) is 76.3 Å². The van der Waals surface area contributed by atoms with E-state index in [2.05, 4.69) is 49.0 Å². The molecule has 0 heterocycles. The molecular weight excluding hydrogens is 559 g/mol. The average molecular weight is 579 g/mol. The third-order valence-corrected chi connectivity index (χ3v) is 5.49. The number of hydrazone groups is 1. The number of amides is 1. The summed E-state index contributed by atoms with van der Waals surface area (Å²) in [6.07, 6.45) is 1.85. The Kier molecular flexibility index (Phi) is 8.27. The molecule has 0 aliphatic rings. The highest BCUT2D eigenvalue weighted by molar-refractivity contribution is 14.1. The van der Waals surface area contributed by atoms with Crippen LogP contribution >= 0.6 is 38.5 Å². The third kappa shape index (κ3) is 6.56. The maximum Gasteiger partial charge on any atom is 0.244 e. The Labute approximate surface area is 197 Å². The molecule has 7 heteroatoms. The quantitative estimate of drug-likeness (QED) is 0.223. The van der Waals surface area contributed by atoms with Crippen LogP contribution in [0.3, 0.4) is 0 Å². The molecular formula is C23H20BrIN2O3. The van der Waals surface area contributed by atoms with Crippen molar-refractivity contribution < 1.29 is 14.3 Å². The highest BCUT2D eigenvalue weighted by Crippen LogP contribution is 2.34. The Morgan fingerprint density at radius 1 is 1.10 bits per heavy atom. The standard InChI is InChI=1S/C23H20BrIN2O3/c1-29-21-12-18(11-20(25)23(21)30-15-17-5-3-2-4-6-17)14-26-27-22(28)13-16-7-9-19(24)10-8-16/h2-12,14H,13,15H2,1H3,(H,27,28)/b26-14-. The van der Waals surface area contributed by atoms with E-state index in [-0.39, 0.29) is 12.3 Å². The van der Waals surface area contributed by atoms with Gasteiger partial charge in [0, 0.05) is 4.47 Å². The molecule has 0 aliphatic carbocycles. The minimum absolute atomic E-state index is 0.182. The molecule has 0 unspecified atom stereocenters.